The van der Waals surface area contributed by atoms with E-state index in [2.05, 4.69) is 18.0 Å². The molecule has 2 heterocycles. The molecule has 5 rings (SSSR count). The third-order valence-corrected chi connectivity index (χ3v) is 6.57. The van der Waals surface area contributed by atoms with E-state index in [-0.39, 0.29) is 29.9 Å². The molecular weight excluding hydrogens is 298 g/mol. The van der Waals surface area contributed by atoms with Gasteiger partial charge in [0.25, 0.3) is 0 Å². The van der Waals surface area contributed by atoms with Gasteiger partial charge in [-0.3, -0.25) is 0 Å². The van der Waals surface area contributed by atoms with Crippen LogP contribution in [0.2, 0.25) is 0 Å². The highest BCUT2D eigenvalue weighted by atomic mass is 16.6. The Morgan fingerprint density at radius 1 is 1.30 bits per heavy atom. The van der Waals surface area contributed by atoms with E-state index >= 15 is 0 Å². The fraction of sp³-hybridized carbons (Fsp3) is 0.647. The van der Waals surface area contributed by atoms with Crippen molar-refractivity contribution in [3.05, 3.63) is 34.8 Å². The molecule has 0 aromatic rings. The molecule has 1 saturated heterocycles. The van der Waals surface area contributed by atoms with Crippen molar-refractivity contribution in [2.75, 3.05) is 13.6 Å². The number of piperidine rings is 1. The Bertz CT molecular complexity index is 693. The number of hydrogen-bond acceptors (Lipinski definition) is 6. The Kier molecular flexibility index (Phi) is 2.44. The second-order valence-electron chi connectivity index (χ2n) is 7.60. The maximum atomic E-state index is 10.5. The maximum Gasteiger partial charge on any atom is 0.230 e. The minimum absolute atomic E-state index is 0.0418. The van der Waals surface area contributed by atoms with Gasteiger partial charge in [0.15, 0.2) is 5.76 Å². The van der Waals surface area contributed by atoms with E-state index < -0.39 is 23.4 Å². The van der Waals surface area contributed by atoms with Gasteiger partial charge in [0.05, 0.1) is 6.42 Å². The van der Waals surface area contributed by atoms with Gasteiger partial charge < -0.3 is 30.1 Å². The SMILES string of the molecule is CN1CC[C@]23C4=C5O[C@H]2[C@@H](O)C=C[C@H]3[C@H]1CC4=C(O)CC5(O)O. The molecule has 0 radical (unpaired) electrons. The molecule has 4 N–H and O–H groups in total. The Hall–Kier alpha value is -1.34. The Labute approximate surface area is 134 Å². The van der Waals surface area contributed by atoms with Crippen LogP contribution in [-0.2, 0) is 4.74 Å². The molecule has 0 aromatic heterocycles. The summed E-state index contributed by atoms with van der Waals surface area (Å²) in [6.45, 7) is 0.857. The van der Waals surface area contributed by atoms with Crippen LogP contribution in [0.5, 0.6) is 0 Å². The summed E-state index contributed by atoms with van der Waals surface area (Å²) in [7, 11) is 2.08. The summed E-state index contributed by atoms with van der Waals surface area (Å²) in [5, 5.41) is 41.7. The first-order valence-corrected chi connectivity index (χ1v) is 8.21. The van der Waals surface area contributed by atoms with Gasteiger partial charge >= 0.3 is 0 Å². The van der Waals surface area contributed by atoms with Crippen LogP contribution in [-0.4, -0.2) is 63.0 Å². The largest absolute Gasteiger partial charge is 0.512 e. The van der Waals surface area contributed by atoms with Crippen molar-refractivity contribution in [2.45, 2.75) is 43.3 Å². The molecule has 23 heavy (non-hydrogen) atoms. The topological polar surface area (TPSA) is 93.4 Å². The Morgan fingerprint density at radius 3 is 2.87 bits per heavy atom. The van der Waals surface area contributed by atoms with Crippen molar-refractivity contribution in [2.24, 2.45) is 11.3 Å². The first-order chi connectivity index (χ1) is 10.9. The molecule has 1 saturated carbocycles. The van der Waals surface area contributed by atoms with E-state index in [1.807, 2.05) is 0 Å². The van der Waals surface area contributed by atoms with E-state index in [0.717, 1.165) is 24.1 Å². The van der Waals surface area contributed by atoms with E-state index in [1.54, 1.807) is 6.08 Å². The molecule has 3 aliphatic carbocycles. The van der Waals surface area contributed by atoms with Crippen LogP contribution >= 0.6 is 0 Å². The highest BCUT2D eigenvalue weighted by Crippen LogP contribution is 2.66. The average molecular weight is 319 g/mol. The van der Waals surface area contributed by atoms with Crippen LogP contribution in [0.4, 0.5) is 0 Å². The summed E-state index contributed by atoms with van der Waals surface area (Å²) in [6.07, 6.45) is 3.71. The van der Waals surface area contributed by atoms with E-state index in [1.165, 1.54) is 0 Å². The van der Waals surface area contributed by atoms with Crippen LogP contribution in [0.25, 0.3) is 0 Å². The fourth-order valence-corrected chi connectivity index (χ4v) is 5.58. The number of rotatable bonds is 0. The molecule has 5 aliphatic rings. The zero-order chi connectivity index (χ0) is 16.1. The molecule has 0 amide bonds. The number of ether oxygens (including phenoxy) is 1. The summed E-state index contributed by atoms with van der Waals surface area (Å²) in [4.78, 5) is 2.30. The molecule has 0 aromatic carbocycles. The molecular formula is C17H21NO5. The number of aliphatic hydroxyl groups excluding tert-OH is 2. The number of nitrogens with zero attached hydrogens (tertiary/aromatic N) is 1. The molecule has 2 bridgehead atoms. The van der Waals surface area contributed by atoms with E-state index in [0.29, 0.717) is 6.42 Å². The molecule has 124 valence electrons. The second kappa shape index (κ2) is 4.00. The number of aliphatic hydroxyl groups is 4. The maximum absolute atomic E-state index is 10.5. The van der Waals surface area contributed by atoms with Gasteiger partial charge in [-0.2, -0.15) is 0 Å². The van der Waals surface area contributed by atoms with Crippen molar-refractivity contribution < 1.29 is 25.2 Å². The summed E-state index contributed by atoms with van der Waals surface area (Å²) in [5.74, 6) is -1.87. The quantitative estimate of drug-likeness (QED) is 0.376. The molecule has 0 unspecified atom stereocenters. The summed E-state index contributed by atoms with van der Waals surface area (Å²) >= 11 is 0. The number of hydrogen-bond donors (Lipinski definition) is 4. The molecule has 2 aliphatic heterocycles. The van der Waals surface area contributed by atoms with Crippen LogP contribution < -0.4 is 0 Å². The predicted octanol–water partition coefficient (Wildman–Crippen LogP) is 0.177. The Balaban J connectivity index is 1.81. The summed E-state index contributed by atoms with van der Waals surface area (Å²) in [5.41, 5.74) is 1.06. The van der Waals surface area contributed by atoms with E-state index in [4.69, 9.17) is 4.74 Å². The minimum Gasteiger partial charge on any atom is -0.512 e. The Morgan fingerprint density at radius 2 is 2.09 bits per heavy atom. The molecule has 2 fully saturated rings. The van der Waals surface area contributed by atoms with Crippen LogP contribution in [0, 0.1) is 11.3 Å². The lowest BCUT2D eigenvalue weighted by Gasteiger charge is -2.58. The van der Waals surface area contributed by atoms with Gasteiger partial charge in [0, 0.05) is 22.9 Å². The standard InChI is InChI=1S/C17H21NO5/c1-18-5-4-16-9-2-3-11(19)14(16)23-15-13(16)8(6-10(9)18)12(20)7-17(15,21)22/h2-3,9-11,14,19-22H,4-7H2,1H3/t9-,10+,11-,14-,16-/m0/s1. The fourth-order valence-electron chi connectivity index (χ4n) is 5.58. The first-order valence-electron chi connectivity index (χ1n) is 8.21. The molecule has 6 nitrogen and oxygen atoms in total. The lowest BCUT2D eigenvalue weighted by molar-refractivity contribution is -0.175. The van der Waals surface area contributed by atoms with Crippen LogP contribution in [0.1, 0.15) is 19.3 Å². The highest BCUT2D eigenvalue weighted by molar-refractivity contribution is 5.55. The van der Waals surface area contributed by atoms with Gasteiger partial charge in [0.1, 0.15) is 18.0 Å². The molecule has 1 spiro atoms. The predicted molar refractivity (Wildman–Crippen MR) is 80.1 cm³/mol. The monoisotopic (exact) mass is 319 g/mol. The smallest absolute Gasteiger partial charge is 0.230 e. The van der Waals surface area contributed by atoms with E-state index in [9.17, 15) is 20.4 Å². The van der Waals surface area contributed by atoms with Crippen LogP contribution in [0.3, 0.4) is 0 Å². The summed E-state index contributed by atoms with van der Waals surface area (Å²) < 4.78 is 5.95. The van der Waals surface area contributed by atoms with Gasteiger partial charge in [-0.1, -0.05) is 12.2 Å². The van der Waals surface area contributed by atoms with Gasteiger partial charge in [-0.15, -0.1) is 0 Å². The lowest BCUT2D eigenvalue weighted by atomic mass is 9.51. The summed E-state index contributed by atoms with van der Waals surface area (Å²) in [6, 6.07) is 0.226. The highest BCUT2D eigenvalue weighted by Gasteiger charge is 2.68. The van der Waals surface area contributed by atoms with Crippen LogP contribution in [0.15, 0.2) is 34.8 Å². The van der Waals surface area contributed by atoms with Gasteiger partial charge in [0.2, 0.25) is 5.79 Å². The zero-order valence-corrected chi connectivity index (χ0v) is 12.9. The first kappa shape index (κ1) is 14.0. The van der Waals surface area contributed by atoms with Crippen molar-refractivity contribution in [3.63, 3.8) is 0 Å². The van der Waals surface area contributed by atoms with Crippen molar-refractivity contribution in [3.8, 4) is 0 Å². The van der Waals surface area contributed by atoms with Crippen molar-refractivity contribution in [1.29, 1.82) is 0 Å². The third-order valence-electron chi connectivity index (χ3n) is 6.57. The average Bonchev–Trinajstić information content (AvgIpc) is 2.83. The minimum atomic E-state index is -2.20. The molecule has 6 heteroatoms. The van der Waals surface area contributed by atoms with Gasteiger partial charge in [-0.25, -0.2) is 0 Å². The second-order valence-corrected chi connectivity index (χ2v) is 7.60. The lowest BCUT2D eigenvalue weighted by Crippen LogP contribution is -2.62. The normalized spacial score (nSPS) is 46.8. The van der Waals surface area contributed by atoms with Gasteiger partial charge in [-0.05, 0) is 32.0 Å². The molecule has 5 atom stereocenters. The van der Waals surface area contributed by atoms with Crippen molar-refractivity contribution in [1.82, 2.24) is 4.90 Å². The van der Waals surface area contributed by atoms with Crippen molar-refractivity contribution >= 4 is 0 Å². The number of likely N-dealkylation sites (tertiary alicyclic amines) is 1. The third kappa shape index (κ3) is 1.44. The zero-order valence-electron chi connectivity index (χ0n) is 12.9.